The van der Waals surface area contributed by atoms with Gasteiger partial charge < -0.3 is 9.88 Å². The van der Waals surface area contributed by atoms with Gasteiger partial charge in [0, 0.05) is 43.6 Å². The van der Waals surface area contributed by atoms with E-state index < -0.39 is 0 Å². The molecule has 110 valence electrons. The first-order chi connectivity index (χ1) is 9.48. The molecule has 0 saturated heterocycles. The highest BCUT2D eigenvalue weighted by Crippen LogP contribution is 2.03. The van der Waals surface area contributed by atoms with E-state index in [0.29, 0.717) is 0 Å². The molecule has 0 aliphatic rings. The summed E-state index contributed by atoms with van der Waals surface area (Å²) in [5, 5.41) is 11.8. The fourth-order valence-electron chi connectivity index (χ4n) is 1.95. The van der Waals surface area contributed by atoms with Crippen LogP contribution in [0.15, 0.2) is 18.6 Å². The lowest BCUT2D eigenvalue weighted by molar-refractivity contribution is 0.421. The number of hydrogen-bond acceptors (Lipinski definition) is 4. The monoisotopic (exact) mass is 276 g/mol. The molecule has 0 aliphatic carbocycles. The van der Waals surface area contributed by atoms with Crippen molar-refractivity contribution >= 4 is 0 Å². The molecule has 6 nitrogen and oxygen atoms in total. The molecule has 0 amide bonds. The molecule has 0 spiro atoms. The molecule has 1 N–H and O–H groups in total. The Kier molecular flexibility index (Phi) is 4.54. The van der Waals surface area contributed by atoms with Crippen LogP contribution in [0.5, 0.6) is 0 Å². The van der Waals surface area contributed by atoms with E-state index in [1.807, 2.05) is 23.3 Å². The molecular weight excluding hydrogens is 252 g/mol. The molecule has 0 atom stereocenters. The summed E-state index contributed by atoms with van der Waals surface area (Å²) in [5.74, 6) is 1.11. The summed E-state index contributed by atoms with van der Waals surface area (Å²) in [5.41, 5.74) is 1.07. The van der Waals surface area contributed by atoms with Crippen LogP contribution in [0.3, 0.4) is 0 Å². The van der Waals surface area contributed by atoms with Crippen LogP contribution in [-0.4, -0.2) is 30.1 Å². The van der Waals surface area contributed by atoms with Crippen molar-refractivity contribution in [2.45, 2.75) is 59.3 Å². The molecule has 0 unspecified atom stereocenters. The number of nitrogens with one attached hydrogen (secondary N) is 1. The van der Waals surface area contributed by atoms with E-state index in [2.05, 4.69) is 52.9 Å². The first-order valence-corrected chi connectivity index (χ1v) is 7.12. The summed E-state index contributed by atoms with van der Waals surface area (Å²) in [4.78, 5) is 4.32. The number of aryl methyl sites for hydroxylation is 3. The maximum Gasteiger partial charge on any atom is 0.108 e. The lowest BCUT2D eigenvalue weighted by Gasteiger charge is -2.19. The molecule has 20 heavy (non-hydrogen) atoms. The van der Waals surface area contributed by atoms with Crippen molar-refractivity contribution in [1.29, 1.82) is 0 Å². The summed E-state index contributed by atoms with van der Waals surface area (Å²) in [6.07, 6.45) is 6.81. The van der Waals surface area contributed by atoms with Crippen molar-refractivity contribution in [3.05, 3.63) is 30.1 Å². The highest BCUT2D eigenvalue weighted by molar-refractivity contribution is 4.94. The van der Waals surface area contributed by atoms with Gasteiger partial charge in [-0.1, -0.05) is 12.1 Å². The van der Waals surface area contributed by atoms with Crippen molar-refractivity contribution in [3.8, 4) is 0 Å². The molecule has 0 aromatic carbocycles. The summed E-state index contributed by atoms with van der Waals surface area (Å²) in [7, 11) is 0. The fourth-order valence-corrected chi connectivity index (χ4v) is 1.95. The van der Waals surface area contributed by atoms with E-state index >= 15 is 0 Å². The van der Waals surface area contributed by atoms with Gasteiger partial charge in [0.2, 0.25) is 0 Å². The predicted octanol–water partition coefficient (Wildman–Crippen LogP) is 1.63. The van der Waals surface area contributed by atoms with Crippen molar-refractivity contribution < 1.29 is 0 Å². The summed E-state index contributed by atoms with van der Waals surface area (Å²) < 4.78 is 4.05. The van der Waals surface area contributed by atoms with Crippen LogP contribution in [0.25, 0.3) is 0 Å². The molecule has 2 aromatic heterocycles. The van der Waals surface area contributed by atoms with Gasteiger partial charge in [-0.2, -0.15) is 0 Å². The first-order valence-electron chi connectivity index (χ1n) is 7.12. The van der Waals surface area contributed by atoms with Crippen LogP contribution < -0.4 is 5.32 Å². The Hall–Kier alpha value is -1.69. The maximum absolute atomic E-state index is 4.32. The summed E-state index contributed by atoms with van der Waals surface area (Å²) in [6, 6.07) is 0. The summed E-state index contributed by atoms with van der Waals surface area (Å²) >= 11 is 0. The van der Waals surface area contributed by atoms with Gasteiger partial charge in [-0.15, -0.1) is 5.10 Å². The maximum atomic E-state index is 4.32. The molecule has 0 aliphatic heterocycles. The lowest BCUT2D eigenvalue weighted by atomic mass is 10.1. The largest absolute Gasteiger partial charge is 0.333 e. The lowest BCUT2D eigenvalue weighted by Crippen LogP contribution is -2.35. The molecule has 2 heterocycles. The summed E-state index contributed by atoms with van der Waals surface area (Å²) in [6.45, 7) is 11.0. The quantitative estimate of drug-likeness (QED) is 0.871. The molecule has 0 bridgehead atoms. The van der Waals surface area contributed by atoms with Crippen molar-refractivity contribution in [1.82, 2.24) is 29.9 Å². The van der Waals surface area contributed by atoms with E-state index in [-0.39, 0.29) is 5.54 Å². The molecule has 6 heteroatoms. The number of imidazole rings is 1. The molecule has 2 aromatic rings. The van der Waals surface area contributed by atoms with Crippen LogP contribution in [-0.2, 0) is 26.1 Å². The number of aromatic nitrogens is 5. The van der Waals surface area contributed by atoms with Gasteiger partial charge in [-0.3, -0.25) is 4.68 Å². The molecule has 0 fully saturated rings. The topological polar surface area (TPSA) is 60.6 Å². The van der Waals surface area contributed by atoms with Gasteiger partial charge in [-0.05, 0) is 20.8 Å². The van der Waals surface area contributed by atoms with Crippen LogP contribution >= 0.6 is 0 Å². The minimum absolute atomic E-state index is 0.0939. The Morgan fingerprint density at radius 2 is 2.05 bits per heavy atom. The highest BCUT2D eigenvalue weighted by Gasteiger charge is 2.10. The third-order valence-electron chi connectivity index (χ3n) is 3.07. The second kappa shape index (κ2) is 6.17. The number of hydrogen-bond donors (Lipinski definition) is 1. The van der Waals surface area contributed by atoms with Gasteiger partial charge in [0.05, 0.1) is 12.2 Å². The normalized spacial score (nSPS) is 12.0. The van der Waals surface area contributed by atoms with E-state index in [1.165, 1.54) is 0 Å². The standard InChI is InChI=1S/C14H24N6/c1-5-13-15-6-7-19(13)8-9-20-11-12(17-18-20)10-16-14(2,3)4/h6-7,11,16H,5,8-10H2,1-4H3. The third kappa shape index (κ3) is 4.16. The Balaban J connectivity index is 1.87. The molecular formula is C14H24N6. The van der Waals surface area contributed by atoms with Gasteiger partial charge in [-0.25, -0.2) is 4.98 Å². The predicted molar refractivity (Wildman–Crippen MR) is 78.2 cm³/mol. The first kappa shape index (κ1) is 14.7. The van der Waals surface area contributed by atoms with Crippen molar-refractivity contribution in [2.24, 2.45) is 0 Å². The number of nitrogens with zero attached hydrogens (tertiary/aromatic N) is 5. The van der Waals surface area contributed by atoms with E-state index in [9.17, 15) is 0 Å². The Bertz CT molecular complexity index is 534. The van der Waals surface area contributed by atoms with Crippen molar-refractivity contribution in [2.75, 3.05) is 0 Å². The fraction of sp³-hybridized carbons (Fsp3) is 0.643. The van der Waals surface area contributed by atoms with Gasteiger partial charge in [0.15, 0.2) is 0 Å². The van der Waals surface area contributed by atoms with Crippen molar-refractivity contribution in [3.63, 3.8) is 0 Å². The zero-order valence-corrected chi connectivity index (χ0v) is 12.8. The Labute approximate surface area is 120 Å². The van der Waals surface area contributed by atoms with Crippen LogP contribution in [0, 0.1) is 0 Å². The third-order valence-corrected chi connectivity index (χ3v) is 3.07. The van der Waals surface area contributed by atoms with E-state index in [0.717, 1.165) is 37.6 Å². The van der Waals surface area contributed by atoms with E-state index in [1.54, 1.807) is 0 Å². The van der Waals surface area contributed by atoms with E-state index in [4.69, 9.17) is 0 Å². The van der Waals surface area contributed by atoms with Crippen LogP contribution in [0.4, 0.5) is 0 Å². The highest BCUT2D eigenvalue weighted by atomic mass is 15.4. The average Bonchev–Trinajstić information content (AvgIpc) is 3.01. The molecule has 0 radical (unpaired) electrons. The van der Waals surface area contributed by atoms with Crippen LogP contribution in [0.2, 0.25) is 0 Å². The molecule has 0 saturated carbocycles. The second-order valence-corrected chi connectivity index (χ2v) is 5.97. The smallest absolute Gasteiger partial charge is 0.108 e. The molecule has 2 rings (SSSR count). The SMILES string of the molecule is CCc1nccn1CCn1cc(CNC(C)(C)C)nn1. The minimum atomic E-state index is 0.0939. The van der Waals surface area contributed by atoms with Gasteiger partial charge in [0.25, 0.3) is 0 Å². The van der Waals surface area contributed by atoms with Gasteiger partial charge >= 0.3 is 0 Å². The average molecular weight is 276 g/mol. The van der Waals surface area contributed by atoms with Gasteiger partial charge in [0.1, 0.15) is 5.82 Å². The zero-order chi connectivity index (χ0) is 14.6. The van der Waals surface area contributed by atoms with Crippen LogP contribution in [0.1, 0.15) is 39.2 Å². The second-order valence-electron chi connectivity index (χ2n) is 5.97. The minimum Gasteiger partial charge on any atom is -0.333 e. The number of rotatable bonds is 6. The Morgan fingerprint density at radius 1 is 1.25 bits per heavy atom. The Morgan fingerprint density at radius 3 is 2.75 bits per heavy atom. The zero-order valence-electron chi connectivity index (χ0n) is 12.8.